The second-order valence-electron chi connectivity index (χ2n) is 8.18. The van der Waals surface area contributed by atoms with E-state index < -0.39 is 0 Å². The molecular weight excluding hydrogens is 342 g/mol. The summed E-state index contributed by atoms with van der Waals surface area (Å²) in [5, 5.41) is 15.4. The first kappa shape index (κ1) is 17.7. The van der Waals surface area contributed by atoms with Crippen LogP contribution in [0.3, 0.4) is 0 Å². The number of rotatable bonds is 6. The summed E-state index contributed by atoms with van der Waals surface area (Å²) in [5.41, 5.74) is 1.81. The van der Waals surface area contributed by atoms with Crippen LogP contribution >= 0.6 is 11.8 Å². The summed E-state index contributed by atoms with van der Waals surface area (Å²) in [6, 6.07) is 10.3. The monoisotopic (exact) mass is 369 g/mol. The molecule has 0 radical (unpaired) electrons. The van der Waals surface area contributed by atoms with Gasteiger partial charge in [-0.15, -0.1) is 0 Å². The summed E-state index contributed by atoms with van der Waals surface area (Å²) >= 11 is 1.75. The molecular formula is C21H27N3OS. The summed E-state index contributed by atoms with van der Waals surface area (Å²) in [6.45, 7) is 0.665. The van der Waals surface area contributed by atoms with E-state index in [1.807, 2.05) is 24.3 Å². The third kappa shape index (κ3) is 3.86. The summed E-state index contributed by atoms with van der Waals surface area (Å²) in [7, 11) is 0. The van der Waals surface area contributed by atoms with Gasteiger partial charge in [-0.2, -0.15) is 17.0 Å². The van der Waals surface area contributed by atoms with Gasteiger partial charge in [-0.25, -0.2) is 4.79 Å². The highest BCUT2D eigenvalue weighted by atomic mass is 32.2. The fraction of sp³-hybridized carbons (Fsp3) is 0.619. The molecule has 1 aromatic carbocycles. The van der Waals surface area contributed by atoms with Gasteiger partial charge in [0.2, 0.25) is 0 Å². The molecule has 4 aliphatic carbocycles. The molecule has 0 saturated heterocycles. The minimum atomic E-state index is 0.000462. The average Bonchev–Trinajstić information content (AvgIpc) is 2.64. The maximum Gasteiger partial charge on any atom is 0.315 e. The molecule has 0 aromatic heterocycles. The number of carbonyl (C=O) groups excluding carboxylic acids is 1. The normalized spacial score (nSPS) is 31.4. The summed E-state index contributed by atoms with van der Waals surface area (Å²) < 4.78 is 0. The third-order valence-corrected chi connectivity index (χ3v) is 7.46. The van der Waals surface area contributed by atoms with E-state index in [9.17, 15) is 4.79 Å². The zero-order valence-corrected chi connectivity index (χ0v) is 15.9. The second kappa shape index (κ2) is 7.92. The minimum Gasteiger partial charge on any atom is -0.337 e. The largest absolute Gasteiger partial charge is 0.337 e. The maximum absolute atomic E-state index is 12.3. The van der Waals surface area contributed by atoms with Crippen molar-refractivity contribution in [2.45, 2.75) is 43.9 Å². The van der Waals surface area contributed by atoms with Gasteiger partial charge in [0.05, 0.1) is 11.6 Å². The Labute approximate surface area is 160 Å². The molecule has 5 heteroatoms. The van der Waals surface area contributed by atoms with E-state index >= 15 is 0 Å². The van der Waals surface area contributed by atoms with Gasteiger partial charge in [0.1, 0.15) is 0 Å². The van der Waals surface area contributed by atoms with Gasteiger partial charge in [0.25, 0.3) is 0 Å². The number of amides is 2. The summed E-state index contributed by atoms with van der Waals surface area (Å²) in [4.78, 5) is 12.3. The van der Waals surface area contributed by atoms with Crippen molar-refractivity contribution in [1.82, 2.24) is 10.6 Å². The van der Waals surface area contributed by atoms with E-state index in [0.717, 1.165) is 34.5 Å². The predicted octanol–water partition coefficient (Wildman–Crippen LogP) is 3.92. The van der Waals surface area contributed by atoms with Crippen LogP contribution < -0.4 is 10.6 Å². The molecule has 0 aliphatic heterocycles. The number of nitrogens with one attached hydrogen (secondary N) is 2. The van der Waals surface area contributed by atoms with Gasteiger partial charge in [0, 0.05) is 24.1 Å². The van der Waals surface area contributed by atoms with Gasteiger partial charge >= 0.3 is 6.03 Å². The zero-order chi connectivity index (χ0) is 17.9. The van der Waals surface area contributed by atoms with Gasteiger partial charge in [-0.3, -0.25) is 0 Å². The molecule has 5 rings (SSSR count). The van der Waals surface area contributed by atoms with Crippen LogP contribution in [-0.4, -0.2) is 24.4 Å². The molecule has 4 nitrogen and oxygen atoms in total. The number of nitriles is 1. The van der Waals surface area contributed by atoms with Crippen molar-refractivity contribution < 1.29 is 4.79 Å². The van der Waals surface area contributed by atoms with E-state index in [1.165, 1.54) is 32.1 Å². The Hall–Kier alpha value is -1.67. The van der Waals surface area contributed by atoms with Crippen LogP contribution in [0.1, 0.15) is 43.2 Å². The van der Waals surface area contributed by atoms with Crippen molar-refractivity contribution in [2.24, 2.45) is 23.7 Å². The first-order valence-corrected chi connectivity index (χ1v) is 11.0. The number of hydrogen-bond donors (Lipinski definition) is 2. The van der Waals surface area contributed by atoms with Crippen LogP contribution in [0.4, 0.5) is 4.79 Å². The lowest BCUT2D eigenvalue weighted by Gasteiger charge is -2.54. The molecule has 4 aliphatic rings. The van der Waals surface area contributed by atoms with Crippen molar-refractivity contribution in [3.63, 3.8) is 0 Å². The lowest BCUT2D eigenvalue weighted by molar-refractivity contribution is -0.00938. The first-order valence-electron chi connectivity index (χ1n) is 9.83. The average molecular weight is 370 g/mol. The van der Waals surface area contributed by atoms with Crippen LogP contribution in [-0.2, 0) is 5.75 Å². The number of nitrogens with zero attached hydrogens (tertiary/aromatic N) is 1. The Bertz CT molecular complexity index is 671. The van der Waals surface area contributed by atoms with Crippen molar-refractivity contribution in [2.75, 3.05) is 12.3 Å². The molecule has 138 valence electrons. The Morgan fingerprint density at radius 3 is 2.50 bits per heavy atom. The summed E-state index contributed by atoms with van der Waals surface area (Å²) in [5.74, 6) is 4.97. The Morgan fingerprint density at radius 1 is 1.12 bits per heavy atom. The molecule has 0 spiro atoms. The highest BCUT2D eigenvalue weighted by Crippen LogP contribution is 2.53. The molecule has 0 atom stereocenters. The Kier molecular flexibility index (Phi) is 5.40. The predicted molar refractivity (Wildman–Crippen MR) is 105 cm³/mol. The SMILES string of the molecule is N#Cc1ccccc1CSCCNC(=O)NC1C2CC3CC(C2)CC1C3. The number of urea groups is 1. The molecule has 4 fully saturated rings. The van der Waals surface area contributed by atoms with Gasteiger partial charge in [-0.1, -0.05) is 18.2 Å². The lowest BCUT2D eigenvalue weighted by atomic mass is 9.54. The minimum absolute atomic E-state index is 0.000462. The van der Waals surface area contributed by atoms with Crippen molar-refractivity contribution in [3.05, 3.63) is 35.4 Å². The molecule has 2 N–H and O–H groups in total. The third-order valence-electron chi connectivity index (χ3n) is 6.45. The molecule has 0 heterocycles. The fourth-order valence-corrected chi connectivity index (χ4v) is 6.40. The Balaban J connectivity index is 1.17. The molecule has 4 saturated carbocycles. The highest BCUT2D eigenvalue weighted by molar-refractivity contribution is 7.98. The Morgan fingerprint density at radius 2 is 1.81 bits per heavy atom. The van der Waals surface area contributed by atoms with Crippen molar-refractivity contribution in [3.8, 4) is 6.07 Å². The smallest absolute Gasteiger partial charge is 0.315 e. The van der Waals surface area contributed by atoms with Gasteiger partial charge in [0.15, 0.2) is 0 Å². The van der Waals surface area contributed by atoms with E-state index in [2.05, 4.69) is 16.7 Å². The van der Waals surface area contributed by atoms with E-state index in [1.54, 1.807) is 11.8 Å². The quantitative estimate of drug-likeness (QED) is 0.747. The molecule has 26 heavy (non-hydrogen) atoms. The number of thioether (sulfide) groups is 1. The van der Waals surface area contributed by atoms with Crippen LogP contribution in [0.2, 0.25) is 0 Å². The topological polar surface area (TPSA) is 64.9 Å². The number of benzene rings is 1. The zero-order valence-electron chi connectivity index (χ0n) is 15.1. The lowest BCUT2D eigenvalue weighted by Crippen LogP contribution is -2.57. The van der Waals surface area contributed by atoms with Crippen LogP contribution in [0.25, 0.3) is 0 Å². The maximum atomic E-state index is 12.3. The van der Waals surface area contributed by atoms with Crippen molar-refractivity contribution >= 4 is 17.8 Å². The summed E-state index contributed by atoms with van der Waals surface area (Å²) in [6.07, 6.45) is 6.74. The molecule has 2 amide bonds. The van der Waals surface area contributed by atoms with E-state index in [0.29, 0.717) is 24.4 Å². The van der Waals surface area contributed by atoms with Crippen LogP contribution in [0.15, 0.2) is 24.3 Å². The van der Waals surface area contributed by atoms with Crippen LogP contribution in [0.5, 0.6) is 0 Å². The second-order valence-corrected chi connectivity index (χ2v) is 9.28. The fourth-order valence-electron chi connectivity index (χ4n) is 5.54. The van der Waals surface area contributed by atoms with E-state index in [4.69, 9.17) is 5.26 Å². The molecule has 4 bridgehead atoms. The number of hydrogen-bond acceptors (Lipinski definition) is 3. The van der Waals surface area contributed by atoms with E-state index in [-0.39, 0.29) is 6.03 Å². The van der Waals surface area contributed by atoms with Crippen LogP contribution in [0, 0.1) is 35.0 Å². The standard InChI is InChI=1S/C21H27N3OS/c22-12-16-3-1-2-4-17(16)13-26-6-5-23-21(25)24-20-18-8-14-7-15(10-18)11-19(20)9-14/h1-4,14-15,18-20H,5-11,13H2,(H2,23,24,25). The van der Waals surface area contributed by atoms with Gasteiger partial charge in [-0.05, 0) is 67.4 Å². The van der Waals surface area contributed by atoms with Gasteiger partial charge < -0.3 is 10.6 Å². The van der Waals surface area contributed by atoms with Crippen molar-refractivity contribution in [1.29, 1.82) is 5.26 Å². The molecule has 1 aromatic rings. The first-order chi connectivity index (χ1) is 12.7. The number of carbonyl (C=O) groups is 1. The highest BCUT2D eigenvalue weighted by Gasteiger charge is 2.48. The molecule has 0 unspecified atom stereocenters.